The molecule has 0 aromatic carbocycles. The first-order chi connectivity index (χ1) is 39.6. The van der Waals surface area contributed by atoms with Crippen LogP contribution in [0.3, 0.4) is 0 Å². The topological polar surface area (TPSA) is 140 Å². The van der Waals surface area contributed by atoms with E-state index in [0.717, 1.165) is 45.2 Å². The summed E-state index contributed by atoms with van der Waals surface area (Å²) in [5.41, 5.74) is 17.4. The fraction of sp³-hybridized carbons (Fsp3) is 0.254. The number of halogens is 6. The maximum atomic E-state index is 12.1. The van der Waals surface area contributed by atoms with Crippen LogP contribution in [-0.4, -0.2) is 50.1 Å². The summed E-state index contributed by atoms with van der Waals surface area (Å²) in [6, 6.07) is 28.4. The van der Waals surface area contributed by atoms with Gasteiger partial charge < -0.3 is 0 Å². The van der Waals surface area contributed by atoms with Crippen LogP contribution in [0, 0.1) is 111 Å². The average Bonchev–Trinajstić information content (AvgIpc) is 3.57. The molecule has 0 atom stereocenters. The van der Waals surface area contributed by atoms with Crippen LogP contribution in [0.4, 0.5) is 13.2 Å². The Bertz CT molecular complexity index is 3080. The molecule has 0 bridgehead atoms. The monoisotopic (exact) mass is 1200 g/mol. The van der Waals surface area contributed by atoms with Gasteiger partial charge in [0.25, 0.3) is 0 Å². The third-order valence-electron chi connectivity index (χ3n) is 11.1. The Morgan fingerprint density at radius 1 is 0.369 bits per heavy atom. The molecule has 0 aliphatic rings. The molecule has 0 radical (unpaired) electrons. The van der Waals surface area contributed by atoms with E-state index in [1.165, 1.54) is 62.6 Å². The minimum absolute atomic E-state index is 0.0758. The third-order valence-corrected chi connectivity index (χ3v) is 12.0. The van der Waals surface area contributed by atoms with Gasteiger partial charge in [0, 0.05) is 115 Å². The van der Waals surface area contributed by atoms with Crippen molar-refractivity contribution in [3.8, 4) is 0 Å². The Hall–Kier alpha value is -8.04. The Labute approximate surface area is 511 Å². The summed E-state index contributed by atoms with van der Waals surface area (Å²) >= 11 is 16.5. The van der Waals surface area contributed by atoms with Gasteiger partial charge in [-0.25, -0.2) is 9.97 Å². The Morgan fingerprint density at radius 3 is 1.23 bits per heavy atom. The normalized spacial score (nSPS) is 9.60. The molecule has 1 N–H and O–H groups in total. The molecule has 0 amide bonds. The fourth-order valence-electron chi connectivity index (χ4n) is 5.83. The molecule has 11 nitrogen and oxygen atoms in total. The van der Waals surface area contributed by atoms with Gasteiger partial charge >= 0.3 is 6.18 Å². The van der Waals surface area contributed by atoms with E-state index in [-0.39, 0.29) is 10.7 Å². The molecule has 10 heterocycles. The lowest BCUT2D eigenvalue weighted by Crippen LogP contribution is -2.27. The molecule has 0 saturated carbocycles. The average molecular weight is 1200 g/mol. The molecule has 84 heavy (non-hydrogen) atoms. The molecule has 0 aliphatic heterocycles. The molecular formula is C67H79Cl3F3N10O+. The zero-order chi connectivity index (χ0) is 63.2. The van der Waals surface area contributed by atoms with Gasteiger partial charge in [0.05, 0.1) is 10.6 Å². The summed E-state index contributed by atoms with van der Waals surface area (Å²) in [7, 11) is 0. The summed E-state index contributed by atoms with van der Waals surface area (Å²) in [6.07, 6.45) is 21.8. The van der Waals surface area contributed by atoms with Crippen LogP contribution in [-0.2, 0) is 6.18 Å². The fourth-order valence-corrected chi connectivity index (χ4v) is 6.31. The third kappa shape index (κ3) is 35.7. The van der Waals surface area contributed by atoms with Gasteiger partial charge in [-0.05, 0) is 244 Å². The zero-order valence-electron chi connectivity index (χ0n) is 51.0. The number of hydrogen-bond donors (Lipinski definition) is 1. The molecule has 17 heteroatoms. The van der Waals surface area contributed by atoms with Crippen LogP contribution in [0.2, 0.25) is 15.3 Å². The van der Waals surface area contributed by atoms with Crippen molar-refractivity contribution in [3.63, 3.8) is 0 Å². The number of aryl methyl sites for hydroxylation is 16. The van der Waals surface area contributed by atoms with Crippen LogP contribution in [0.5, 0.6) is 0 Å². The van der Waals surface area contributed by atoms with Gasteiger partial charge in [-0.1, -0.05) is 53.0 Å². The van der Waals surface area contributed by atoms with Crippen molar-refractivity contribution in [1.29, 1.82) is 0 Å². The molecule has 0 aliphatic carbocycles. The molecule has 0 saturated heterocycles. The van der Waals surface area contributed by atoms with E-state index in [0.29, 0.717) is 10.2 Å². The second-order valence-corrected chi connectivity index (χ2v) is 20.4. The van der Waals surface area contributed by atoms with Crippen molar-refractivity contribution in [2.45, 2.75) is 117 Å². The van der Waals surface area contributed by atoms with Crippen molar-refractivity contribution in [1.82, 2.24) is 44.9 Å². The zero-order valence-corrected chi connectivity index (χ0v) is 53.3. The minimum Gasteiger partial charge on any atom is -0.285 e. The second-order valence-electron chi connectivity index (χ2n) is 19.2. The van der Waals surface area contributed by atoms with Gasteiger partial charge in [0.15, 0.2) is 0 Å². The van der Waals surface area contributed by atoms with E-state index in [9.17, 15) is 13.2 Å². The molecule has 10 aromatic rings. The van der Waals surface area contributed by atoms with Crippen molar-refractivity contribution >= 4 is 34.8 Å². The van der Waals surface area contributed by atoms with Crippen LogP contribution in [0.25, 0.3) is 0 Å². The molecule has 10 rings (SSSR count). The smallest absolute Gasteiger partial charge is 0.285 e. The Kier molecular flexibility index (Phi) is 36.1. The number of hydrogen-bond acceptors (Lipinski definition) is 10. The highest BCUT2D eigenvalue weighted by Crippen LogP contribution is 2.32. The molecule has 10 aromatic heterocycles. The van der Waals surface area contributed by atoms with Gasteiger partial charge in [-0.2, -0.15) is 13.2 Å². The molecular weight excluding hydrogens is 1120 g/mol. The summed E-state index contributed by atoms with van der Waals surface area (Å²) in [5, 5.41) is 9.40. The van der Waals surface area contributed by atoms with Gasteiger partial charge in [-0.15, -0.1) is 0 Å². The highest BCUT2D eigenvalue weighted by molar-refractivity contribution is 6.41. The number of pyridine rings is 10. The number of aromatic nitrogens is 10. The predicted octanol–water partition coefficient (Wildman–Crippen LogP) is 17.9. The second kappa shape index (κ2) is 41.0. The van der Waals surface area contributed by atoms with E-state index >= 15 is 0 Å². The first kappa shape index (κ1) is 74.0. The SMILES string of the molecule is Cc1cc[n+](O)cc1.Cc1ccc(C)nc1.Cc1cccnc1C.Cc1ccnc(C)c1.Cc1ccncc1.Cc1ccncc1C.Cc1ccncc1C.Cc1cnc(Cl)c(Cl)c1.Cc1cnc(Cl)cc1C(F)(F)F.Cc1cncc(C)c1. The van der Waals surface area contributed by atoms with Crippen molar-refractivity contribution < 1.29 is 23.1 Å². The molecule has 444 valence electrons. The summed E-state index contributed by atoms with van der Waals surface area (Å²) in [5.74, 6) is 0. The van der Waals surface area contributed by atoms with E-state index in [4.69, 9.17) is 40.0 Å². The van der Waals surface area contributed by atoms with E-state index in [1.807, 2.05) is 173 Å². The molecule has 0 spiro atoms. The first-order valence-corrected chi connectivity index (χ1v) is 27.5. The summed E-state index contributed by atoms with van der Waals surface area (Å²) in [6.45, 7) is 31.8. The Balaban J connectivity index is 0.000000468. The maximum absolute atomic E-state index is 12.1. The van der Waals surface area contributed by atoms with E-state index < -0.39 is 11.7 Å². The maximum Gasteiger partial charge on any atom is 0.416 e. The van der Waals surface area contributed by atoms with Crippen LogP contribution < -0.4 is 4.73 Å². The lowest BCUT2D eigenvalue weighted by Gasteiger charge is -2.08. The van der Waals surface area contributed by atoms with Gasteiger partial charge in [0.1, 0.15) is 10.3 Å². The number of nitrogens with zero attached hydrogens (tertiary/aromatic N) is 10. The quantitative estimate of drug-likeness (QED) is 0.0886. The van der Waals surface area contributed by atoms with E-state index in [2.05, 4.69) is 111 Å². The summed E-state index contributed by atoms with van der Waals surface area (Å²) < 4.78 is 37.4. The van der Waals surface area contributed by atoms with Crippen molar-refractivity contribution in [2.75, 3.05) is 0 Å². The molecule has 0 fully saturated rings. The summed E-state index contributed by atoms with van der Waals surface area (Å²) in [4.78, 5) is 35.2. The van der Waals surface area contributed by atoms with Crippen LogP contribution in [0.15, 0.2) is 184 Å². The highest BCUT2D eigenvalue weighted by Gasteiger charge is 2.32. The van der Waals surface area contributed by atoms with Crippen LogP contribution >= 0.6 is 34.8 Å². The lowest BCUT2D eigenvalue weighted by molar-refractivity contribution is -0.904. The highest BCUT2D eigenvalue weighted by atomic mass is 35.5. The minimum atomic E-state index is -4.35. The van der Waals surface area contributed by atoms with Gasteiger partial charge in [0.2, 0.25) is 12.4 Å². The largest absolute Gasteiger partial charge is 0.416 e. The van der Waals surface area contributed by atoms with Crippen molar-refractivity contribution in [3.05, 3.63) is 294 Å². The standard InChI is InChI=1S/C7H5ClF3N.6C7H9N.C6H5Cl2N.C6H8NO.C6H7N/c1-4-3-12-6(8)2-5(4)7(9,10)11;1-6-3-7(2)5-8-4-6;2*1-6-3-4-8-5-7(6)2;1-6-3-4-8-7(2)5-6;1-6-3-4-7(2)8-5-6;1-6-4-3-5-8-7(6)2;1-4-2-5(7)6(8)9-3-4;1-6-2-4-7(8)5-3-6;1-6-2-4-7-5-3-6/h2-3H,1H3;6*3-5H,1-2H3;2-3H,1H3;2-5,8H,1H3;2-5H,1H3/q;;;;;;;;+1;. The van der Waals surface area contributed by atoms with Crippen LogP contribution in [0.1, 0.15) is 95.0 Å². The van der Waals surface area contributed by atoms with Gasteiger partial charge in [-0.3, -0.25) is 40.1 Å². The Morgan fingerprint density at radius 2 is 0.893 bits per heavy atom. The van der Waals surface area contributed by atoms with E-state index in [1.54, 1.807) is 37.1 Å². The number of alkyl halides is 3. The van der Waals surface area contributed by atoms with Crippen molar-refractivity contribution in [2.24, 2.45) is 0 Å². The first-order valence-electron chi connectivity index (χ1n) is 26.4. The number of rotatable bonds is 0. The lowest BCUT2D eigenvalue weighted by atomic mass is 10.1. The predicted molar refractivity (Wildman–Crippen MR) is 338 cm³/mol. The molecule has 0 unspecified atom stereocenters.